The summed E-state index contributed by atoms with van der Waals surface area (Å²) in [5.41, 5.74) is 4.26. The lowest BCUT2D eigenvalue weighted by Gasteiger charge is -2.23. The quantitative estimate of drug-likeness (QED) is 0.776. The van der Waals surface area contributed by atoms with Crippen molar-refractivity contribution >= 4 is 0 Å². The van der Waals surface area contributed by atoms with E-state index in [1.54, 1.807) is 0 Å². The molecule has 96 valence electrons. The van der Waals surface area contributed by atoms with Crippen molar-refractivity contribution in [3.63, 3.8) is 0 Å². The van der Waals surface area contributed by atoms with Crippen LogP contribution >= 0.6 is 0 Å². The van der Waals surface area contributed by atoms with Crippen molar-refractivity contribution in [1.29, 1.82) is 0 Å². The highest BCUT2D eigenvalue weighted by Gasteiger charge is 2.13. The monoisotopic (exact) mass is 233 g/mol. The molecule has 0 bridgehead atoms. The third-order valence-electron chi connectivity index (χ3n) is 4.00. The number of benzene rings is 1. The van der Waals surface area contributed by atoms with Crippen molar-refractivity contribution in [2.75, 3.05) is 0 Å². The summed E-state index contributed by atoms with van der Waals surface area (Å²) < 4.78 is 0. The van der Waals surface area contributed by atoms with E-state index in [9.17, 15) is 0 Å². The van der Waals surface area contributed by atoms with Gasteiger partial charge in [0.25, 0.3) is 0 Å². The maximum atomic E-state index is 3.68. The van der Waals surface area contributed by atoms with Crippen molar-refractivity contribution in [3.05, 3.63) is 34.9 Å². The molecule has 0 saturated carbocycles. The molecule has 0 amide bonds. The van der Waals surface area contributed by atoms with Gasteiger partial charge in [-0.1, -0.05) is 44.9 Å². The number of hydrogen-bond donors (Lipinski definition) is 1. The van der Waals surface area contributed by atoms with Crippen LogP contribution in [0.5, 0.6) is 0 Å². The molecule has 0 spiro atoms. The molecule has 0 aliphatic heterocycles. The predicted octanol–water partition coefficient (Wildman–Crippen LogP) is 4.22. The van der Waals surface area contributed by atoms with Crippen LogP contribution in [0.3, 0.4) is 0 Å². The third-order valence-corrected chi connectivity index (χ3v) is 4.00. The van der Waals surface area contributed by atoms with Gasteiger partial charge in [0.15, 0.2) is 0 Å². The Kier molecular flexibility index (Phi) is 5.70. The Morgan fingerprint density at radius 3 is 2.06 bits per heavy atom. The highest BCUT2D eigenvalue weighted by molar-refractivity contribution is 5.33. The second kappa shape index (κ2) is 6.80. The lowest BCUT2D eigenvalue weighted by Crippen LogP contribution is -2.32. The van der Waals surface area contributed by atoms with E-state index in [0.717, 1.165) is 12.5 Å². The lowest BCUT2D eigenvalue weighted by atomic mass is 9.95. The second-order valence-electron chi connectivity index (χ2n) is 5.12. The van der Waals surface area contributed by atoms with Gasteiger partial charge in [0.2, 0.25) is 0 Å². The molecule has 0 fully saturated rings. The number of aryl methyl sites for hydroxylation is 2. The molecule has 1 atom stereocenters. The number of nitrogens with one attached hydrogen (secondary N) is 1. The normalized spacial score (nSPS) is 13.1. The minimum absolute atomic E-state index is 0.601. The van der Waals surface area contributed by atoms with Crippen molar-refractivity contribution < 1.29 is 0 Å². The van der Waals surface area contributed by atoms with E-state index in [2.05, 4.69) is 58.1 Å². The Labute approximate surface area is 107 Å². The van der Waals surface area contributed by atoms with E-state index >= 15 is 0 Å². The van der Waals surface area contributed by atoms with E-state index in [4.69, 9.17) is 0 Å². The molecule has 1 N–H and O–H groups in total. The van der Waals surface area contributed by atoms with Crippen molar-refractivity contribution in [2.24, 2.45) is 5.92 Å². The largest absolute Gasteiger partial charge is 0.310 e. The van der Waals surface area contributed by atoms with E-state index in [1.165, 1.54) is 29.5 Å². The van der Waals surface area contributed by atoms with Crippen LogP contribution in [0.2, 0.25) is 0 Å². The molecule has 17 heavy (non-hydrogen) atoms. The molecule has 1 rings (SSSR count). The van der Waals surface area contributed by atoms with Gasteiger partial charge in [0.05, 0.1) is 0 Å². The average molecular weight is 233 g/mol. The van der Waals surface area contributed by atoms with Crippen LogP contribution in [0, 0.1) is 19.8 Å². The van der Waals surface area contributed by atoms with Gasteiger partial charge in [0, 0.05) is 12.6 Å². The summed E-state index contributed by atoms with van der Waals surface area (Å²) in [5.74, 6) is 0.791. The molecule has 1 aromatic rings. The molecule has 0 aliphatic carbocycles. The van der Waals surface area contributed by atoms with E-state index in [-0.39, 0.29) is 0 Å². The Balaban J connectivity index is 2.61. The fraction of sp³-hybridized carbons (Fsp3) is 0.625. The summed E-state index contributed by atoms with van der Waals surface area (Å²) in [6.45, 7) is 12.3. The minimum atomic E-state index is 0.601. The summed E-state index contributed by atoms with van der Waals surface area (Å²) >= 11 is 0. The first-order valence-corrected chi connectivity index (χ1v) is 6.88. The molecule has 1 heteroatoms. The topological polar surface area (TPSA) is 12.0 Å². The van der Waals surface area contributed by atoms with Gasteiger partial charge in [-0.05, 0) is 43.4 Å². The molecule has 1 unspecified atom stereocenters. The van der Waals surface area contributed by atoms with Crippen LogP contribution in [0.1, 0.15) is 50.3 Å². The Morgan fingerprint density at radius 1 is 1.06 bits per heavy atom. The first kappa shape index (κ1) is 14.2. The van der Waals surface area contributed by atoms with Gasteiger partial charge in [-0.15, -0.1) is 0 Å². The van der Waals surface area contributed by atoms with Crippen LogP contribution in [-0.4, -0.2) is 6.04 Å². The van der Waals surface area contributed by atoms with E-state index in [1.807, 2.05) is 0 Å². The molecular weight excluding hydrogens is 206 g/mol. The number of hydrogen-bond acceptors (Lipinski definition) is 1. The van der Waals surface area contributed by atoms with Crippen LogP contribution < -0.4 is 5.32 Å². The standard InChI is InChI=1S/C16H27N/c1-6-15(7-2)14(5)17-11-16-12(3)9-8-10-13(16)4/h8-10,14-15,17H,6-7,11H2,1-5H3. The third kappa shape index (κ3) is 3.85. The molecular formula is C16H27N. The van der Waals surface area contributed by atoms with Gasteiger partial charge in [-0.2, -0.15) is 0 Å². The summed E-state index contributed by atoms with van der Waals surface area (Å²) in [6, 6.07) is 7.14. The average Bonchev–Trinajstić information content (AvgIpc) is 2.30. The lowest BCUT2D eigenvalue weighted by molar-refractivity contribution is 0.352. The van der Waals surface area contributed by atoms with Crippen LogP contribution in [0.15, 0.2) is 18.2 Å². The summed E-state index contributed by atoms with van der Waals surface area (Å²) in [7, 11) is 0. The fourth-order valence-corrected chi connectivity index (χ4v) is 2.55. The highest BCUT2D eigenvalue weighted by Crippen LogP contribution is 2.16. The summed E-state index contributed by atoms with van der Waals surface area (Å²) in [5, 5.41) is 3.68. The van der Waals surface area contributed by atoms with Crippen molar-refractivity contribution in [3.8, 4) is 0 Å². The maximum absolute atomic E-state index is 3.68. The smallest absolute Gasteiger partial charge is 0.0213 e. The van der Waals surface area contributed by atoms with Crippen LogP contribution in [-0.2, 0) is 6.54 Å². The Morgan fingerprint density at radius 2 is 1.59 bits per heavy atom. The summed E-state index contributed by atoms with van der Waals surface area (Å²) in [4.78, 5) is 0. The zero-order valence-electron chi connectivity index (χ0n) is 12.0. The number of rotatable bonds is 6. The predicted molar refractivity (Wildman–Crippen MR) is 76.3 cm³/mol. The van der Waals surface area contributed by atoms with Crippen LogP contribution in [0.4, 0.5) is 0 Å². The van der Waals surface area contributed by atoms with Crippen molar-refractivity contribution in [2.45, 2.75) is 60.0 Å². The van der Waals surface area contributed by atoms with Gasteiger partial charge >= 0.3 is 0 Å². The minimum Gasteiger partial charge on any atom is -0.310 e. The molecule has 1 nitrogen and oxygen atoms in total. The summed E-state index contributed by atoms with van der Waals surface area (Å²) in [6.07, 6.45) is 2.52. The van der Waals surface area contributed by atoms with Gasteiger partial charge < -0.3 is 5.32 Å². The first-order valence-electron chi connectivity index (χ1n) is 6.88. The molecule has 1 aromatic carbocycles. The zero-order chi connectivity index (χ0) is 12.8. The first-order chi connectivity index (χ1) is 8.10. The Hall–Kier alpha value is -0.820. The molecule has 0 aliphatic rings. The molecule has 0 radical (unpaired) electrons. The highest BCUT2D eigenvalue weighted by atomic mass is 14.9. The Bertz CT molecular complexity index is 319. The second-order valence-corrected chi connectivity index (χ2v) is 5.12. The maximum Gasteiger partial charge on any atom is 0.0213 e. The fourth-order valence-electron chi connectivity index (χ4n) is 2.55. The van der Waals surface area contributed by atoms with Crippen LogP contribution in [0.25, 0.3) is 0 Å². The van der Waals surface area contributed by atoms with E-state index < -0.39 is 0 Å². The SMILES string of the molecule is CCC(CC)C(C)NCc1c(C)cccc1C. The zero-order valence-corrected chi connectivity index (χ0v) is 12.0. The van der Waals surface area contributed by atoms with Gasteiger partial charge in [-0.25, -0.2) is 0 Å². The van der Waals surface area contributed by atoms with Gasteiger partial charge in [0.1, 0.15) is 0 Å². The van der Waals surface area contributed by atoms with E-state index in [0.29, 0.717) is 6.04 Å². The molecule has 0 aromatic heterocycles. The molecule has 0 saturated heterocycles. The molecule has 0 heterocycles. The van der Waals surface area contributed by atoms with Gasteiger partial charge in [-0.3, -0.25) is 0 Å². The van der Waals surface area contributed by atoms with Crippen molar-refractivity contribution in [1.82, 2.24) is 5.32 Å².